The summed E-state index contributed by atoms with van der Waals surface area (Å²) in [6.45, 7) is 2.47. The molecule has 0 saturated heterocycles. The lowest BCUT2D eigenvalue weighted by molar-refractivity contribution is 0.602. The van der Waals surface area contributed by atoms with Crippen LogP contribution in [0.3, 0.4) is 0 Å². The highest BCUT2D eigenvalue weighted by Crippen LogP contribution is 2.18. The standard InChI is InChI=1S/C21H22N8/c1-27-12-10-22-21(27)17-7-8-20(25-24-17)28-11-9-19-23-18(26-29(19)14-13-28)15-16-5-3-2-4-6-16/h2-8,10,12H,9,11,13-15H2,1H3. The zero-order valence-electron chi connectivity index (χ0n) is 16.3. The maximum Gasteiger partial charge on any atom is 0.160 e. The van der Waals surface area contributed by atoms with Gasteiger partial charge < -0.3 is 9.47 Å². The first-order valence-electron chi connectivity index (χ1n) is 9.79. The predicted octanol–water partition coefficient (Wildman–Crippen LogP) is 2.12. The van der Waals surface area contributed by atoms with Crippen molar-refractivity contribution < 1.29 is 0 Å². The van der Waals surface area contributed by atoms with Crippen molar-refractivity contribution in [3.05, 3.63) is 72.1 Å². The molecule has 0 atom stereocenters. The zero-order valence-corrected chi connectivity index (χ0v) is 16.3. The molecule has 0 N–H and O–H groups in total. The molecule has 0 spiro atoms. The normalized spacial score (nSPS) is 13.9. The van der Waals surface area contributed by atoms with Crippen LogP contribution in [0.1, 0.15) is 17.2 Å². The topological polar surface area (TPSA) is 77.5 Å². The Morgan fingerprint density at radius 1 is 0.966 bits per heavy atom. The molecule has 1 aliphatic rings. The van der Waals surface area contributed by atoms with Gasteiger partial charge in [-0.2, -0.15) is 5.10 Å². The maximum atomic E-state index is 4.77. The van der Waals surface area contributed by atoms with E-state index in [4.69, 9.17) is 10.1 Å². The maximum absolute atomic E-state index is 4.77. The Bertz CT molecular complexity index is 1070. The first kappa shape index (κ1) is 17.5. The van der Waals surface area contributed by atoms with Crippen molar-refractivity contribution in [3.63, 3.8) is 0 Å². The van der Waals surface area contributed by atoms with Crippen molar-refractivity contribution in [2.75, 3.05) is 18.0 Å². The number of aryl methyl sites for hydroxylation is 1. The molecule has 1 aromatic carbocycles. The van der Waals surface area contributed by atoms with Gasteiger partial charge in [0, 0.05) is 45.4 Å². The summed E-state index contributed by atoms with van der Waals surface area (Å²) in [4.78, 5) is 11.3. The minimum absolute atomic E-state index is 0.769. The van der Waals surface area contributed by atoms with Gasteiger partial charge in [-0.3, -0.25) is 0 Å². The minimum Gasteiger partial charge on any atom is -0.353 e. The molecular formula is C21H22N8. The molecule has 8 nitrogen and oxygen atoms in total. The molecule has 8 heteroatoms. The van der Waals surface area contributed by atoms with Crippen molar-refractivity contribution in [3.8, 4) is 11.5 Å². The number of anilines is 1. The summed E-state index contributed by atoms with van der Waals surface area (Å²) < 4.78 is 3.97. The highest BCUT2D eigenvalue weighted by molar-refractivity contribution is 5.51. The minimum atomic E-state index is 0.769. The van der Waals surface area contributed by atoms with Gasteiger partial charge in [0.2, 0.25) is 0 Å². The first-order valence-corrected chi connectivity index (χ1v) is 9.79. The van der Waals surface area contributed by atoms with Gasteiger partial charge in [0.05, 0.1) is 6.54 Å². The van der Waals surface area contributed by atoms with Crippen LogP contribution in [0.4, 0.5) is 5.82 Å². The van der Waals surface area contributed by atoms with Gasteiger partial charge in [0.15, 0.2) is 17.5 Å². The molecule has 0 bridgehead atoms. The summed E-state index contributed by atoms with van der Waals surface area (Å²) in [6.07, 6.45) is 5.27. The van der Waals surface area contributed by atoms with Crippen molar-refractivity contribution in [1.29, 1.82) is 0 Å². The van der Waals surface area contributed by atoms with Crippen LogP contribution in [0.5, 0.6) is 0 Å². The molecule has 1 aliphatic heterocycles. The summed E-state index contributed by atoms with van der Waals surface area (Å²) in [7, 11) is 1.95. The van der Waals surface area contributed by atoms with E-state index < -0.39 is 0 Å². The highest BCUT2D eigenvalue weighted by Gasteiger charge is 2.19. The van der Waals surface area contributed by atoms with Crippen LogP contribution >= 0.6 is 0 Å². The lowest BCUT2D eigenvalue weighted by Gasteiger charge is -2.20. The average molecular weight is 386 g/mol. The fourth-order valence-corrected chi connectivity index (χ4v) is 3.66. The second-order valence-electron chi connectivity index (χ2n) is 7.21. The largest absolute Gasteiger partial charge is 0.353 e. The molecule has 146 valence electrons. The van der Waals surface area contributed by atoms with Crippen LogP contribution in [0.2, 0.25) is 0 Å². The average Bonchev–Trinajstić information content (AvgIpc) is 3.29. The van der Waals surface area contributed by atoms with Gasteiger partial charge in [-0.1, -0.05) is 30.3 Å². The number of imidazole rings is 1. The van der Waals surface area contributed by atoms with Gasteiger partial charge in [0.1, 0.15) is 11.5 Å². The van der Waals surface area contributed by atoms with Crippen LogP contribution in [-0.4, -0.2) is 47.6 Å². The van der Waals surface area contributed by atoms with E-state index >= 15 is 0 Å². The van der Waals surface area contributed by atoms with Gasteiger partial charge in [0.25, 0.3) is 0 Å². The lowest BCUT2D eigenvalue weighted by atomic mass is 10.1. The Morgan fingerprint density at radius 2 is 1.86 bits per heavy atom. The Labute approximate surface area is 168 Å². The molecule has 0 saturated carbocycles. The van der Waals surface area contributed by atoms with Gasteiger partial charge in [-0.25, -0.2) is 14.6 Å². The number of benzene rings is 1. The van der Waals surface area contributed by atoms with Crippen LogP contribution in [0.25, 0.3) is 11.5 Å². The second kappa shape index (κ2) is 7.46. The summed E-state index contributed by atoms with van der Waals surface area (Å²) in [6, 6.07) is 14.3. The molecule has 0 amide bonds. The van der Waals surface area contributed by atoms with Crippen LogP contribution in [-0.2, 0) is 26.4 Å². The van der Waals surface area contributed by atoms with Crippen LogP contribution in [0, 0.1) is 0 Å². The number of aromatic nitrogens is 7. The monoisotopic (exact) mass is 386 g/mol. The summed E-state index contributed by atoms with van der Waals surface area (Å²) in [5.41, 5.74) is 2.01. The first-order chi connectivity index (χ1) is 14.3. The quantitative estimate of drug-likeness (QED) is 0.535. The molecular weight excluding hydrogens is 364 g/mol. The van der Waals surface area contributed by atoms with Crippen molar-refractivity contribution in [1.82, 2.24) is 34.5 Å². The molecule has 3 aromatic heterocycles. The molecule has 5 rings (SSSR count). The SMILES string of the molecule is Cn1ccnc1-c1ccc(N2CCc3nc(Cc4ccccc4)nn3CC2)nn1. The third-order valence-corrected chi connectivity index (χ3v) is 5.21. The summed E-state index contributed by atoms with van der Waals surface area (Å²) >= 11 is 0. The van der Waals surface area contributed by atoms with E-state index in [1.54, 1.807) is 6.20 Å². The third kappa shape index (κ3) is 3.61. The lowest BCUT2D eigenvalue weighted by Crippen LogP contribution is -2.28. The molecule has 0 aliphatic carbocycles. The van der Waals surface area contributed by atoms with Crippen molar-refractivity contribution in [2.45, 2.75) is 19.4 Å². The van der Waals surface area contributed by atoms with Gasteiger partial charge in [-0.15, -0.1) is 10.2 Å². The Hall–Kier alpha value is -3.55. The van der Waals surface area contributed by atoms with Gasteiger partial charge >= 0.3 is 0 Å². The summed E-state index contributed by atoms with van der Waals surface area (Å²) in [5, 5.41) is 13.5. The number of hydrogen-bond donors (Lipinski definition) is 0. The predicted molar refractivity (Wildman–Crippen MR) is 109 cm³/mol. The fourth-order valence-electron chi connectivity index (χ4n) is 3.66. The molecule has 4 heterocycles. The molecule has 29 heavy (non-hydrogen) atoms. The van der Waals surface area contributed by atoms with Crippen LogP contribution in [0.15, 0.2) is 54.9 Å². The number of fused-ring (bicyclic) bond motifs is 1. The van der Waals surface area contributed by atoms with E-state index in [0.29, 0.717) is 0 Å². The van der Waals surface area contributed by atoms with E-state index in [9.17, 15) is 0 Å². The third-order valence-electron chi connectivity index (χ3n) is 5.21. The molecule has 0 unspecified atom stereocenters. The van der Waals surface area contributed by atoms with E-state index in [0.717, 1.165) is 61.5 Å². The Kier molecular flexibility index (Phi) is 4.51. The molecule has 0 radical (unpaired) electrons. The highest BCUT2D eigenvalue weighted by atomic mass is 15.4. The van der Waals surface area contributed by atoms with E-state index in [-0.39, 0.29) is 0 Å². The zero-order chi connectivity index (χ0) is 19.6. The van der Waals surface area contributed by atoms with Crippen molar-refractivity contribution >= 4 is 5.82 Å². The van der Waals surface area contributed by atoms with E-state index in [2.05, 4.69) is 44.3 Å². The molecule has 4 aromatic rings. The van der Waals surface area contributed by atoms with E-state index in [1.165, 1.54) is 5.56 Å². The number of rotatable bonds is 4. The second-order valence-corrected chi connectivity index (χ2v) is 7.21. The van der Waals surface area contributed by atoms with Gasteiger partial charge in [-0.05, 0) is 17.7 Å². The number of hydrogen-bond acceptors (Lipinski definition) is 6. The van der Waals surface area contributed by atoms with Crippen LogP contribution < -0.4 is 4.90 Å². The van der Waals surface area contributed by atoms with E-state index in [1.807, 2.05) is 40.7 Å². The van der Waals surface area contributed by atoms with Crippen molar-refractivity contribution in [2.24, 2.45) is 7.05 Å². The fraction of sp³-hybridized carbons (Fsp3) is 0.286. The Balaban J connectivity index is 1.27. The summed E-state index contributed by atoms with van der Waals surface area (Å²) in [5.74, 6) is 3.61. The number of nitrogens with zero attached hydrogens (tertiary/aromatic N) is 8. The Morgan fingerprint density at radius 3 is 2.62 bits per heavy atom. The smallest absolute Gasteiger partial charge is 0.160 e. The molecule has 0 fully saturated rings.